The molecule has 4 aliphatic carbocycles. The normalized spacial score (nSPS) is 36.7. The third-order valence-corrected chi connectivity index (χ3v) is 11.2. The molecule has 2 aromatic rings. The van der Waals surface area contributed by atoms with E-state index >= 15 is 0 Å². The molecule has 39 heavy (non-hydrogen) atoms. The van der Waals surface area contributed by atoms with E-state index in [1.807, 2.05) is 17.1 Å². The summed E-state index contributed by atoms with van der Waals surface area (Å²) in [6, 6.07) is 6.38. The van der Waals surface area contributed by atoms with Crippen LogP contribution in [0.5, 0.6) is 0 Å². The number of carbonyl (C=O) groups excluding carboxylic acids is 2. The van der Waals surface area contributed by atoms with Gasteiger partial charge in [-0.3, -0.25) is 9.59 Å². The van der Waals surface area contributed by atoms with Crippen molar-refractivity contribution in [1.29, 1.82) is 0 Å². The molecule has 0 spiro atoms. The second-order valence-electron chi connectivity index (χ2n) is 12.5. The molecular weight excluding hydrogens is 515 g/mol. The van der Waals surface area contributed by atoms with Crippen LogP contribution in [0.25, 0.3) is 11.8 Å². The fourth-order valence-electron chi connectivity index (χ4n) is 9.14. The molecule has 3 saturated carbocycles. The van der Waals surface area contributed by atoms with Gasteiger partial charge >= 0.3 is 5.97 Å². The summed E-state index contributed by atoms with van der Waals surface area (Å²) in [5.74, 6) is 0.0296. The van der Waals surface area contributed by atoms with Crippen LogP contribution in [0.3, 0.4) is 0 Å². The average Bonchev–Trinajstić information content (AvgIpc) is 3.40. The van der Waals surface area contributed by atoms with Crippen molar-refractivity contribution < 1.29 is 23.8 Å². The Labute approximate surface area is 233 Å². The third kappa shape index (κ3) is 3.80. The number of ether oxygens (including phenoxy) is 1. The monoisotopic (exact) mass is 552 g/mol. The number of aliphatic hydroxyl groups excluding tert-OH is 1. The van der Waals surface area contributed by atoms with Crippen LogP contribution in [-0.4, -0.2) is 50.4 Å². The molecule has 6 rings (SSSR count). The highest BCUT2D eigenvalue weighted by Gasteiger charge is 2.70. The summed E-state index contributed by atoms with van der Waals surface area (Å²) in [6.07, 6.45) is 9.82. The third-order valence-electron chi connectivity index (χ3n) is 10.7. The molecule has 1 heterocycles. The number of hydrogen-bond donors (Lipinski definition) is 1. The number of allylic oxidation sites excluding steroid dienone is 1. The Bertz CT molecular complexity index is 1350. The van der Waals surface area contributed by atoms with Gasteiger partial charge in [0.1, 0.15) is 5.82 Å². The van der Waals surface area contributed by atoms with E-state index in [0.717, 1.165) is 42.6 Å². The number of hydrogen-bond acceptors (Lipinski definition) is 6. The predicted octanol–water partition coefficient (Wildman–Crippen LogP) is 5.40. The number of nitrogens with zero attached hydrogens (tertiary/aromatic N) is 2. The minimum Gasteiger partial charge on any atom is -0.451 e. The van der Waals surface area contributed by atoms with Crippen molar-refractivity contribution in [2.75, 3.05) is 12.0 Å². The molecule has 1 aromatic heterocycles. The molecule has 1 aromatic carbocycles. The molecule has 0 radical (unpaired) electrons. The van der Waals surface area contributed by atoms with Crippen LogP contribution >= 0.6 is 11.8 Å². The predicted molar refractivity (Wildman–Crippen MR) is 149 cm³/mol. The van der Waals surface area contributed by atoms with E-state index in [9.17, 15) is 19.1 Å². The number of aromatic nitrogens is 2. The molecule has 7 atom stereocenters. The zero-order chi connectivity index (χ0) is 27.7. The van der Waals surface area contributed by atoms with Crippen molar-refractivity contribution in [3.8, 4) is 5.69 Å². The van der Waals surface area contributed by atoms with E-state index in [0.29, 0.717) is 18.6 Å². The lowest BCUT2D eigenvalue weighted by atomic mass is 9.45. The lowest BCUT2D eigenvalue weighted by Crippen LogP contribution is -2.63. The maximum absolute atomic E-state index is 13.6. The van der Waals surface area contributed by atoms with Gasteiger partial charge in [0.25, 0.3) is 0 Å². The van der Waals surface area contributed by atoms with Gasteiger partial charge in [0.05, 0.1) is 29.4 Å². The van der Waals surface area contributed by atoms with Crippen molar-refractivity contribution in [3.63, 3.8) is 0 Å². The minimum absolute atomic E-state index is 0.0287. The number of halogens is 1. The Morgan fingerprint density at radius 3 is 2.67 bits per heavy atom. The van der Waals surface area contributed by atoms with Crippen LogP contribution in [0.15, 0.2) is 36.0 Å². The molecule has 8 heteroatoms. The molecule has 3 fully saturated rings. The number of thioether (sulfide) groups is 1. The summed E-state index contributed by atoms with van der Waals surface area (Å²) in [4.78, 5) is 25.9. The first-order valence-electron chi connectivity index (χ1n) is 14.0. The van der Waals surface area contributed by atoms with Gasteiger partial charge in [-0.2, -0.15) is 16.9 Å². The number of esters is 1. The first-order valence-corrected chi connectivity index (χ1v) is 15.4. The fourth-order valence-corrected chi connectivity index (χ4v) is 9.63. The molecular formula is C31H37FN2O4S. The number of carbonyl (C=O) groups is 2. The largest absolute Gasteiger partial charge is 0.451 e. The Kier molecular flexibility index (Phi) is 6.38. The maximum atomic E-state index is 13.6. The van der Waals surface area contributed by atoms with Crippen molar-refractivity contribution in [3.05, 3.63) is 53.1 Å². The molecule has 0 amide bonds. The van der Waals surface area contributed by atoms with E-state index < -0.39 is 23.1 Å². The number of fused-ring (bicyclic) bond motifs is 6. The fraction of sp³-hybridized carbons (Fsp3) is 0.581. The first kappa shape index (κ1) is 26.8. The van der Waals surface area contributed by atoms with Gasteiger partial charge in [-0.05, 0) is 104 Å². The molecule has 0 aliphatic heterocycles. The van der Waals surface area contributed by atoms with Crippen molar-refractivity contribution in [2.45, 2.75) is 71.0 Å². The van der Waals surface area contributed by atoms with E-state index in [-0.39, 0.29) is 34.8 Å². The highest BCUT2D eigenvalue weighted by Crippen LogP contribution is 2.68. The number of benzene rings is 1. The Balaban J connectivity index is 1.36. The Hall–Kier alpha value is -2.45. The van der Waals surface area contributed by atoms with Crippen molar-refractivity contribution in [1.82, 2.24) is 9.78 Å². The summed E-state index contributed by atoms with van der Waals surface area (Å²) in [7, 11) is 0. The smallest absolute Gasteiger partial charge is 0.303 e. The van der Waals surface area contributed by atoms with Crippen LogP contribution in [0.1, 0.15) is 64.1 Å². The maximum Gasteiger partial charge on any atom is 0.303 e. The summed E-state index contributed by atoms with van der Waals surface area (Å²) in [5, 5.41) is 16.6. The highest BCUT2D eigenvalue weighted by molar-refractivity contribution is 7.99. The Morgan fingerprint density at radius 1 is 1.23 bits per heavy atom. The van der Waals surface area contributed by atoms with Gasteiger partial charge in [-0.15, -0.1) is 0 Å². The molecule has 6 nitrogen and oxygen atoms in total. The second kappa shape index (κ2) is 9.30. The van der Waals surface area contributed by atoms with E-state index in [1.165, 1.54) is 36.4 Å². The lowest BCUT2D eigenvalue weighted by Gasteiger charge is -2.60. The van der Waals surface area contributed by atoms with Gasteiger partial charge in [-0.1, -0.05) is 19.4 Å². The standard InChI is InChI=1S/C31H37FN2O4S/c1-18(35)38-31(27(37)17-39-4)12-11-24-23-10-5-20-13-25-19(16-33-34(25)22-8-6-21(32)7-9-22)14-29(20,2)28(23)26(36)15-30(24,31)3/h6-9,13,16,23-24,26,28,36H,5,10-12,14-15,17H2,1-4H3/t23?,24-,26-,28+,29?,30?,31?/m0/s1. The van der Waals surface area contributed by atoms with Gasteiger partial charge in [0, 0.05) is 12.3 Å². The van der Waals surface area contributed by atoms with E-state index in [4.69, 9.17) is 4.74 Å². The van der Waals surface area contributed by atoms with Crippen molar-refractivity contribution in [2.24, 2.45) is 28.6 Å². The minimum atomic E-state index is -1.18. The zero-order valence-corrected chi connectivity index (χ0v) is 23.9. The topological polar surface area (TPSA) is 81.4 Å². The van der Waals surface area contributed by atoms with Crippen LogP contribution in [-0.2, 0) is 20.7 Å². The van der Waals surface area contributed by atoms with Crippen LogP contribution in [0, 0.1) is 34.4 Å². The second-order valence-corrected chi connectivity index (χ2v) is 13.4. The molecule has 0 bridgehead atoms. The van der Waals surface area contributed by atoms with E-state index in [1.54, 1.807) is 12.1 Å². The highest BCUT2D eigenvalue weighted by atomic mass is 32.2. The quantitative estimate of drug-likeness (QED) is 0.501. The van der Waals surface area contributed by atoms with Gasteiger partial charge in [0.2, 0.25) is 0 Å². The van der Waals surface area contributed by atoms with Crippen LogP contribution in [0.2, 0.25) is 0 Å². The number of rotatable bonds is 5. The summed E-state index contributed by atoms with van der Waals surface area (Å²) < 4.78 is 21.4. The molecule has 4 aliphatic rings. The molecule has 0 saturated heterocycles. The summed E-state index contributed by atoms with van der Waals surface area (Å²) in [6.45, 7) is 5.76. The number of ketones is 1. The lowest BCUT2D eigenvalue weighted by molar-refractivity contribution is -0.198. The zero-order valence-electron chi connectivity index (χ0n) is 23.1. The van der Waals surface area contributed by atoms with Gasteiger partial charge < -0.3 is 9.84 Å². The number of Topliss-reactive ketones (excluding diaryl/α,β-unsaturated/α-hetero) is 1. The summed E-state index contributed by atoms with van der Waals surface area (Å²) >= 11 is 1.46. The Morgan fingerprint density at radius 2 is 1.97 bits per heavy atom. The molecule has 1 N–H and O–H groups in total. The number of aliphatic hydroxyl groups is 1. The van der Waals surface area contributed by atoms with Gasteiger partial charge in [0.15, 0.2) is 11.4 Å². The SMILES string of the molecule is CSCC(=O)C1(OC(C)=O)CC[C@H]2C3CCC4=Cc5c(cnn5-c5ccc(F)cc5)CC4(C)[C@H]3[C@@H](O)CC21C. The van der Waals surface area contributed by atoms with Gasteiger partial charge in [-0.25, -0.2) is 9.07 Å². The van der Waals surface area contributed by atoms with Crippen molar-refractivity contribution >= 4 is 29.6 Å². The molecule has 4 unspecified atom stereocenters. The average molecular weight is 553 g/mol. The first-order chi connectivity index (χ1) is 18.5. The molecule has 208 valence electrons. The van der Waals surface area contributed by atoms with Crippen LogP contribution < -0.4 is 0 Å². The summed E-state index contributed by atoms with van der Waals surface area (Å²) in [5.41, 5.74) is 2.29. The van der Waals surface area contributed by atoms with E-state index in [2.05, 4.69) is 25.0 Å². The van der Waals surface area contributed by atoms with Crippen LogP contribution in [0.4, 0.5) is 4.39 Å².